The summed E-state index contributed by atoms with van der Waals surface area (Å²) in [5.74, 6) is -0.672. The van der Waals surface area contributed by atoms with Crippen LogP contribution in [0.25, 0.3) is 55.4 Å². The third-order valence-corrected chi connectivity index (χ3v) is 7.59. The summed E-state index contributed by atoms with van der Waals surface area (Å²) in [6, 6.07) is 26.7. The standard InChI is InChI=1S/C35H30F2NO/c1-21-6-15-27-28-16-17-29(37)32(34(28)39-33(27)31(21)30-20-26(36)18-19-38(30)5)24-9-7-22(8-10-24)23-11-13-25(14-12-23)35(2,3)4/h6-20H,1-5H3/q+1. The number of hydrogen-bond donors (Lipinski definition) is 0. The molecule has 2 heterocycles. The fourth-order valence-electron chi connectivity index (χ4n) is 5.35. The van der Waals surface area contributed by atoms with Gasteiger partial charge in [0.25, 0.3) is 0 Å². The maximum atomic E-state index is 15.4. The third-order valence-electron chi connectivity index (χ3n) is 7.59. The Labute approximate surface area is 227 Å². The highest BCUT2D eigenvalue weighted by atomic mass is 19.1. The Balaban J connectivity index is 1.49. The van der Waals surface area contributed by atoms with Crippen LogP contribution in [0.15, 0.2) is 95.5 Å². The first kappa shape index (κ1) is 25.0. The summed E-state index contributed by atoms with van der Waals surface area (Å²) >= 11 is 0. The van der Waals surface area contributed by atoms with Crippen LogP contribution in [-0.4, -0.2) is 0 Å². The molecule has 0 fully saturated rings. The molecular weight excluding hydrogens is 488 g/mol. The minimum Gasteiger partial charge on any atom is -0.454 e. The van der Waals surface area contributed by atoms with Crippen molar-refractivity contribution in [1.29, 1.82) is 0 Å². The van der Waals surface area contributed by atoms with Gasteiger partial charge >= 0.3 is 0 Å². The number of fused-ring (bicyclic) bond motifs is 3. The number of halogens is 2. The molecule has 0 aliphatic heterocycles. The van der Waals surface area contributed by atoms with E-state index in [1.807, 2.05) is 54.9 Å². The van der Waals surface area contributed by atoms with Crippen molar-refractivity contribution in [2.45, 2.75) is 33.1 Å². The molecule has 194 valence electrons. The highest BCUT2D eigenvalue weighted by Crippen LogP contribution is 2.42. The van der Waals surface area contributed by atoms with Gasteiger partial charge in [-0.15, -0.1) is 0 Å². The zero-order valence-electron chi connectivity index (χ0n) is 22.8. The predicted molar refractivity (Wildman–Crippen MR) is 155 cm³/mol. The van der Waals surface area contributed by atoms with Crippen molar-refractivity contribution >= 4 is 21.9 Å². The average Bonchev–Trinajstić information content (AvgIpc) is 3.28. The molecule has 2 aromatic heterocycles. The Morgan fingerprint density at radius 3 is 1.87 bits per heavy atom. The van der Waals surface area contributed by atoms with Gasteiger partial charge in [0.05, 0.1) is 11.1 Å². The number of aryl methyl sites for hydroxylation is 2. The number of pyridine rings is 1. The maximum Gasteiger partial charge on any atom is 0.219 e. The minimum atomic E-state index is -0.349. The zero-order chi connectivity index (χ0) is 27.5. The van der Waals surface area contributed by atoms with E-state index in [2.05, 4.69) is 45.0 Å². The lowest BCUT2D eigenvalue weighted by molar-refractivity contribution is -0.660. The van der Waals surface area contributed by atoms with E-state index >= 15 is 4.39 Å². The summed E-state index contributed by atoms with van der Waals surface area (Å²) in [7, 11) is 1.87. The number of nitrogens with zero attached hydrogens (tertiary/aromatic N) is 1. The van der Waals surface area contributed by atoms with Gasteiger partial charge in [-0.05, 0) is 52.3 Å². The van der Waals surface area contributed by atoms with Gasteiger partial charge in [-0.2, -0.15) is 0 Å². The van der Waals surface area contributed by atoms with Crippen LogP contribution in [0.2, 0.25) is 0 Å². The first-order valence-corrected chi connectivity index (χ1v) is 13.1. The number of aromatic nitrogens is 1. The van der Waals surface area contributed by atoms with Gasteiger partial charge in [0.15, 0.2) is 6.20 Å². The van der Waals surface area contributed by atoms with Gasteiger partial charge in [0.1, 0.15) is 29.8 Å². The van der Waals surface area contributed by atoms with Crippen molar-refractivity contribution < 1.29 is 17.8 Å². The molecule has 0 radical (unpaired) electrons. The van der Waals surface area contributed by atoms with Crippen LogP contribution < -0.4 is 4.57 Å². The third kappa shape index (κ3) is 4.30. The Morgan fingerprint density at radius 2 is 1.23 bits per heavy atom. The van der Waals surface area contributed by atoms with Crippen LogP contribution in [0, 0.1) is 18.6 Å². The monoisotopic (exact) mass is 518 g/mol. The molecule has 0 bridgehead atoms. The van der Waals surface area contributed by atoms with Crippen molar-refractivity contribution in [2.75, 3.05) is 0 Å². The van der Waals surface area contributed by atoms with Crippen LogP contribution in [0.3, 0.4) is 0 Å². The van der Waals surface area contributed by atoms with Crippen molar-refractivity contribution in [3.63, 3.8) is 0 Å². The number of hydrogen-bond acceptors (Lipinski definition) is 1. The van der Waals surface area contributed by atoms with Gasteiger partial charge in [0.2, 0.25) is 5.69 Å². The molecule has 0 N–H and O–H groups in total. The summed E-state index contributed by atoms with van der Waals surface area (Å²) in [5.41, 5.74) is 8.25. The van der Waals surface area contributed by atoms with E-state index in [4.69, 9.17) is 4.42 Å². The first-order valence-electron chi connectivity index (χ1n) is 13.1. The van der Waals surface area contributed by atoms with Crippen LogP contribution in [-0.2, 0) is 12.5 Å². The highest BCUT2D eigenvalue weighted by Gasteiger charge is 2.23. The van der Waals surface area contributed by atoms with Crippen LogP contribution in [0.1, 0.15) is 31.9 Å². The second-order valence-electron chi connectivity index (χ2n) is 11.3. The fraction of sp³-hybridized carbons (Fsp3) is 0.171. The largest absolute Gasteiger partial charge is 0.454 e. The molecule has 0 amide bonds. The maximum absolute atomic E-state index is 15.4. The molecule has 0 atom stereocenters. The smallest absolute Gasteiger partial charge is 0.219 e. The number of furan rings is 1. The Bertz CT molecular complexity index is 1860. The molecule has 0 saturated carbocycles. The number of benzene rings is 4. The molecule has 6 rings (SSSR count). The Morgan fingerprint density at radius 1 is 0.667 bits per heavy atom. The van der Waals surface area contributed by atoms with E-state index in [9.17, 15) is 4.39 Å². The molecule has 0 unspecified atom stereocenters. The summed E-state index contributed by atoms with van der Waals surface area (Å²) in [5, 5.41) is 1.69. The minimum absolute atomic E-state index is 0.0929. The molecule has 4 aromatic carbocycles. The molecule has 0 aliphatic carbocycles. The molecule has 0 aliphatic rings. The van der Waals surface area contributed by atoms with E-state index in [1.165, 1.54) is 23.8 Å². The van der Waals surface area contributed by atoms with E-state index in [-0.39, 0.29) is 17.0 Å². The van der Waals surface area contributed by atoms with E-state index in [1.54, 1.807) is 12.3 Å². The molecule has 0 saturated heterocycles. The summed E-state index contributed by atoms with van der Waals surface area (Å²) in [4.78, 5) is 0. The summed E-state index contributed by atoms with van der Waals surface area (Å²) in [6.45, 7) is 8.58. The molecule has 6 aromatic rings. The van der Waals surface area contributed by atoms with Crippen LogP contribution in [0.5, 0.6) is 0 Å². The number of rotatable bonds is 3. The highest BCUT2D eigenvalue weighted by molar-refractivity contribution is 6.13. The normalized spacial score (nSPS) is 12.0. The fourth-order valence-corrected chi connectivity index (χ4v) is 5.35. The lowest BCUT2D eigenvalue weighted by atomic mass is 9.86. The second kappa shape index (κ2) is 9.16. The van der Waals surface area contributed by atoms with Gasteiger partial charge in [0, 0.05) is 22.9 Å². The average molecular weight is 519 g/mol. The van der Waals surface area contributed by atoms with Gasteiger partial charge < -0.3 is 4.42 Å². The van der Waals surface area contributed by atoms with E-state index in [0.717, 1.165) is 38.6 Å². The SMILES string of the molecule is Cc1ccc2c(oc3c(-c4ccc(-c5ccc(C(C)(C)C)cc5)cc4)c(F)ccc32)c1-c1cc(F)cc[n+]1C. The van der Waals surface area contributed by atoms with E-state index < -0.39 is 0 Å². The molecular formula is C35H30F2NO+. The van der Waals surface area contributed by atoms with Crippen LogP contribution in [0.4, 0.5) is 8.78 Å². The molecule has 2 nitrogen and oxygen atoms in total. The van der Waals surface area contributed by atoms with Crippen molar-refractivity contribution in [3.8, 4) is 33.5 Å². The van der Waals surface area contributed by atoms with Gasteiger partial charge in [-0.1, -0.05) is 81.4 Å². The Kier molecular flexibility index (Phi) is 5.87. The summed E-state index contributed by atoms with van der Waals surface area (Å²) in [6.07, 6.45) is 1.69. The quantitative estimate of drug-likeness (QED) is 0.213. The van der Waals surface area contributed by atoms with Gasteiger partial charge in [-0.25, -0.2) is 13.3 Å². The van der Waals surface area contributed by atoms with E-state index in [0.29, 0.717) is 22.4 Å². The van der Waals surface area contributed by atoms with Crippen molar-refractivity contribution in [3.05, 3.63) is 114 Å². The molecule has 39 heavy (non-hydrogen) atoms. The lowest BCUT2D eigenvalue weighted by Crippen LogP contribution is -2.30. The van der Waals surface area contributed by atoms with Crippen molar-refractivity contribution in [2.24, 2.45) is 7.05 Å². The second-order valence-corrected chi connectivity index (χ2v) is 11.3. The predicted octanol–water partition coefficient (Wildman–Crippen LogP) is 9.30. The van der Waals surface area contributed by atoms with Crippen LogP contribution >= 0.6 is 0 Å². The first-order chi connectivity index (χ1) is 18.6. The Hall–Kier alpha value is -4.31. The topological polar surface area (TPSA) is 17.0 Å². The zero-order valence-corrected chi connectivity index (χ0v) is 22.8. The molecule has 4 heteroatoms. The summed E-state index contributed by atoms with van der Waals surface area (Å²) < 4.78 is 38.0. The van der Waals surface area contributed by atoms with Crippen molar-refractivity contribution in [1.82, 2.24) is 0 Å². The molecule has 0 spiro atoms. The van der Waals surface area contributed by atoms with Gasteiger partial charge in [-0.3, -0.25) is 0 Å². The lowest BCUT2D eigenvalue weighted by Gasteiger charge is -2.19.